The molecule has 0 amide bonds. The molecule has 0 aromatic heterocycles. The van der Waals surface area contributed by atoms with Crippen molar-refractivity contribution < 1.29 is 9.59 Å². The normalized spacial score (nSPS) is 28.3. The van der Waals surface area contributed by atoms with Crippen LogP contribution in [0.4, 0.5) is 0 Å². The summed E-state index contributed by atoms with van der Waals surface area (Å²) in [6, 6.07) is 0. The topological polar surface area (TPSA) is 34.1 Å². The summed E-state index contributed by atoms with van der Waals surface area (Å²) in [5, 5.41) is 0. The highest BCUT2D eigenvalue weighted by Gasteiger charge is 2.48. The maximum atomic E-state index is 11.6. The number of ketones is 2. The van der Waals surface area contributed by atoms with Crippen LogP contribution in [-0.4, -0.2) is 11.6 Å². The zero-order chi connectivity index (χ0) is 9.52. The third-order valence-corrected chi connectivity index (χ3v) is 2.39. The molecule has 0 aromatic carbocycles. The van der Waals surface area contributed by atoms with E-state index in [0.717, 1.165) is 6.42 Å². The standard InChI is InChI=1S/C10H16O2/c1-6(11)7-5-8(7)9(12)10(2,3)4/h7-8H,5H2,1-4H3. The molecule has 1 saturated carbocycles. The molecule has 0 bridgehead atoms. The number of carbonyl (C=O) groups is 2. The van der Waals surface area contributed by atoms with Gasteiger partial charge in [-0.2, -0.15) is 0 Å². The van der Waals surface area contributed by atoms with Crippen LogP contribution in [0.1, 0.15) is 34.1 Å². The minimum atomic E-state index is -0.283. The molecule has 0 heterocycles. The van der Waals surface area contributed by atoms with Crippen LogP contribution in [0.3, 0.4) is 0 Å². The van der Waals surface area contributed by atoms with Crippen molar-refractivity contribution >= 4 is 11.6 Å². The van der Waals surface area contributed by atoms with Gasteiger partial charge in [0.2, 0.25) is 0 Å². The van der Waals surface area contributed by atoms with Crippen molar-refractivity contribution in [3.8, 4) is 0 Å². The Morgan fingerprint density at radius 2 is 1.67 bits per heavy atom. The van der Waals surface area contributed by atoms with E-state index in [4.69, 9.17) is 0 Å². The Bertz CT molecular complexity index is 222. The fraction of sp³-hybridized carbons (Fsp3) is 0.800. The molecule has 1 fully saturated rings. The highest BCUT2D eigenvalue weighted by molar-refractivity contribution is 5.95. The zero-order valence-corrected chi connectivity index (χ0v) is 8.18. The first-order chi connectivity index (χ1) is 5.34. The summed E-state index contributed by atoms with van der Waals surface area (Å²) >= 11 is 0. The van der Waals surface area contributed by atoms with Crippen molar-refractivity contribution in [3.05, 3.63) is 0 Å². The molecule has 0 aliphatic heterocycles. The summed E-state index contributed by atoms with van der Waals surface area (Å²) in [5.41, 5.74) is -0.283. The fourth-order valence-corrected chi connectivity index (χ4v) is 1.49. The molecule has 2 nitrogen and oxygen atoms in total. The van der Waals surface area contributed by atoms with E-state index < -0.39 is 0 Å². The van der Waals surface area contributed by atoms with Gasteiger partial charge < -0.3 is 0 Å². The van der Waals surface area contributed by atoms with Crippen LogP contribution in [0, 0.1) is 17.3 Å². The van der Waals surface area contributed by atoms with Gasteiger partial charge in [0.1, 0.15) is 11.6 Å². The van der Waals surface area contributed by atoms with Crippen molar-refractivity contribution in [1.29, 1.82) is 0 Å². The van der Waals surface area contributed by atoms with E-state index >= 15 is 0 Å². The summed E-state index contributed by atoms with van der Waals surface area (Å²) in [4.78, 5) is 22.5. The van der Waals surface area contributed by atoms with E-state index in [1.807, 2.05) is 20.8 Å². The number of rotatable bonds is 2. The van der Waals surface area contributed by atoms with Gasteiger partial charge >= 0.3 is 0 Å². The Morgan fingerprint density at radius 1 is 1.17 bits per heavy atom. The van der Waals surface area contributed by atoms with Gasteiger partial charge in [0.15, 0.2) is 0 Å². The van der Waals surface area contributed by atoms with Gasteiger partial charge in [0.05, 0.1) is 0 Å². The van der Waals surface area contributed by atoms with Crippen LogP contribution in [0.5, 0.6) is 0 Å². The third kappa shape index (κ3) is 1.74. The number of carbonyl (C=O) groups excluding carboxylic acids is 2. The van der Waals surface area contributed by atoms with Crippen LogP contribution in [0.2, 0.25) is 0 Å². The molecule has 2 atom stereocenters. The maximum Gasteiger partial charge on any atom is 0.142 e. The lowest BCUT2D eigenvalue weighted by Crippen LogP contribution is -2.23. The Balaban J connectivity index is 2.55. The predicted octanol–water partition coefficient (Wildman–Crippen LogP) is 1.83. The lowest BCUT2D eigenvalue weighted by Gasteiger charge is -2.15. The van der Waals surface area contributed by atoms with Gasteiger partial charge in [-0.1, -0.05) is 20.8 Å². The summed E-state index contributed by atoms with van der Waals surface area (Å²) < 4.78 is 0. The molecule has 0 radical (unpaired) electrons. The summed E-state index contributed by atoms with van der Waals surface area (Å²) in [5.74, 6) is 0.472. The van der Waals surface area contributed by atoms with E-state index in [0.29, 0.717) is 0 Å². The quantitative estimate of drug-likeness (QED) is 0.630. The second kappa shape index (κ2) is 2.68. The Labute approximate surface area is 73.3 Å². The van der Waals surface area contributed by atoms with E-state index in [-0.39, 0.29) is 28.8 Å². The van der Waals surface area contributed by atoms with Gasteiger partial charge in [0.25, 0.3) is 0 Å². The molecule has 68 valence electrons. The molecule has 1 aliphatic rings. The molecule has 0 spiro atoms. The number of hydrogen-bond acceptors (Lipinski definition) is 2. The second-order valence-electron chi connectivity index (χ2n) is 4.67. The molecule has 1 aliphatic carbocycles. The van der Waals surface area contributed by atoms with Crippen molar-refractivity contribution in [2.24, 2.45) is 17.3 Å². The summed E-state index contributed by atoms with van der Waals surface area (Å²) in [6.07, 6.45) is 0.783. The smallest absolute Gasteiger partial charge is 0.142 e. The number of hydrogen-bond donors (Lipinski definition) is 0. The average molecular weight is 168 g/mol. The summed E-state index contributed by atoms with van der Waals surface area (Å²) in [7, 11) is 0. The van der Waals surface area contributed by atoms with E-state index in [2.05, 4.69) is 0 Å². The minimum Gasteiger partial charge on any atom is -0.300 e. The van der Waals surface area contributed by atoms with Crippen molar-refractivity contribution in [3.63, 3.8) is 0 Å². The van der Waals surface area contributed by atoms with Gasteiger partial charge in [0, 0.05) is 17.3 Å². The van der Waals surface area contributed by atoms with Gasteiger partial charge in [-0.3, -0.25) is 9.59 Å². The lowest BCUT2D eigenvalue weighted by molar-refractivity contribution is -0.129. The van der Waals surface area contributed by atoms with Crippen LogP contribution < -0.4 is 0 Å². The van der Waals surface area contributed by atoms with Crippen molar-refractivity contribution in [2.75, 3.05) is 0 Å². The first-order valence-electron chi connectivity index (χ1n) is 4.39. The molecular weight excluding hydrogens is 152 g/mol. The fourth-order valence-electron chi connectivity index (χ4n) is 1.49. The number of Topliss-reactive ketones (excluding diaryl/α,β-unsaturated/α-hetero) is 2. The highest BCUT2D eigenvalue weighted by atomic mass is 16.1. The maximum absolute atomic E-state index is 11.6. The largest absolute Gasteiger partial charge is 0.300 e. The van der Waals surface area contributed by atoms with E-state index in [9.17, 15) is 9.59 Å². The average Bonchev–Trinajstić information content (AvgIpc) is 2.61. The molecule has 2 heteroatoms. The first-order valence-corrected chi connectivity index (χ1v) is 4.39. The third-order valence-electron chi connectivity index (χ3n) is 2.39. The van der Waals surface area contributed by atoms with Crippen molar-refractivity contribution in [1.82, 2.24) is 0 Å². The molecule has 1 rings (SSSR count). The molecular formula is C10H16O2. The van der Waals surface area contributed by atoms with Gasteiger partial charge in [-0.05, 0) is 13.3 Å². The van der Waals surface area contributed by atoms with Crippen LogP contribution in [0.25, 0.3) is 0 Å². The van der Waals surface area contributed by atoms with Crippen LogP contribution in [0.15, 0.2) is 0 Å². The molecule has 0 N–H and O–H groups in total. The zero-order valence-electron chi connectivity index (χ0n) is 8.18. The highest BCUT2D eigenvalue weighted by Crippen LogP contribution is 2.43. The monoisotopic (exact) mass is 168 g/mol. The second-order valence-corrected chi connectivity index (χ2v) is 4.67. The van der Waals surface area contributed by atoms with E-state index in [1.165, 1.54) is 0 Å². The summed E-state index contributed by atoms with van der Waals surface area (Å²) in [6.45, 7) is 7.29. The minimum absolute atomic E-state index is 0.0301. The van der Waals surface area contributed by atoms with Crippen LogP contribution in [-0.2, 0) is 9.59 Å². The van der Waals surface area contributed by atoms with Crippen LogP contribution >= 0.6 is 0 Å². The molecule has 0 saturated heterocycles. The molecule has 2 unspecified atom stereocenters. The van der Waals surface area contributed by atoms with E-state index in [1.54, 1.807) is 6.92 Å². The molecule has 0 aromatic rings. The van der Waals surface area contributed by atoms with Crippen molar-refractivity contribution in [2.45, 2.75) is 34.1 Å². The van der Waals surface area contributed by atoms with Gasteiger partial charge in [-0.25, -0.2) is 0 Å². The molecule has 12 heavy (non-hydrogen) atoms. The Morgan fingerprint density at radius 3 is 1.92 bits per heavy atom. The Hall–Kier alpha value is -0.660. The lowest BCUT2D eigenvalue weighted by atomic mass is 9.87. The first kappa shape index (κ1) is 9.43. The SMILES string of the molecule is CC(=O)C1CC1C(=O)C(C)(C)C. The predicted molar refractivity (Wildman–Crippen MR) is 46.7 cm³/mol. The van der Waals surface area contributed by atoms with Gasteiger partial charge in [-0.15, -0.1) is 0 Å². The Kier molecular flexibility index (Phi) is 2.11.